The zero-order chi connectivity index (χ0) is 12.8. The van der Waals surface area contributed by atoms with E-state index in [0.717, 1.165) is 5.56 Å². The van der Waals surface area contributed by atoms with Gasteiger partial charge in [-0.3, -0.25) is 0 Å². The Hall–Kier alpha value is -1.59. The van der Waals surface area contributed by atoms with Crippen molar-refractivity contribution in [2.75, 3.05) is 20.3 Å². The molecule has 0 radical (unpaired) electrons. The number of aliphatic hydroxyl groups excluding tert-OH is 1. The first-order chi connectivity index (χ1) is 8.04. The average Bonchev–Trinajstić information content (AvgIpc) is 2.26. The average molecular weight is 240 g/mol. The second-order valence-corrected chi connectivity index (χ2v) is 3.72. The standard InChI is InChI=1S/C12H16O5/c1-8-3-4-10(12(14)15)11(5-8)17-7-9(13)6-16-2/h3-5,9,13H,6-7H2,1-2H3,(H,14,15). The Morgan fingerprint density at radius 3 is 2.71 bits per heavy atom. The topological polar surface area (TPSA) is 76.0 Å². The summed E-state index contributed by atoms with van der Waals surface area (Å²) in [5.74, 6) is -0.797. The third kappa shape index (κ3) is 4.05. The van der Waals surface area contributed by atoms with Crippen molar-refractivity contribution in [2.24, 2.45) is 0 Å². The van der Waals surface area contributed by atoms with Gasteiger partial charge in [0.1, 0.15) is 24.0 Å². The van der Waals surface area contributed by atoms with Crippen molar-refractivity contribution in [1.29, 1.82) is 0 Å². The molecule has 5 heteroatoms. The Morgan fingerprint density at radius 1 is 1.41 bits per heavy atom. The number of aryl methyl sites for hydroxylation is 1. The Kier molecular flexibility index (Phi) is 4.93. The molecule has 0 bridgehead atoms. The van der Waals surface area contributed by atoms with E-state index < -0.39 is 12.1 Å². The van der Waals surface area contributed by atoms with Crippen LogP contribution >= 0.6 is 0 Å². The van der Waals surface area contributed by atoms with Gasteiger partial charge in [0.15, 0.2) is 0 Å². The lowest BCUT2D eigenvalue weighted by atomic mass is 10.1. The van der Waals surface area contributed by atoms with E-state index in [-0.39, 0.29) is 24.5 Å². The summed E-state index contributed by atoms with van der Waals surface area (Å²) in [6.45, 7) is 1.98. The van der Waals surface area contributed by atoms with Crippen LogP contribution in [0, 0.1) is 6.92 Å². The van der Waals surface area contributed by atoms with Crippen LogP contribution < -0.4 is 4.74 Å². The maximum atomic E-state index is 10.9. The molecule has 17 heavy (non-hydrogen) atoms. The van der Waals surface area contributed by atoms with Gasteiger partial charge < -0.3 is 19.7 Å². The molecule has 0 spiro atoms. The van der Waals surface area contributed by atoms with E-state index in [0.29, 0.717) is 0 Å². The van der Waals surface area contributed by atoms with Crippen LogP contribution in [0.3, 0.4) is 0 Å². The number of ether oxygens (including phenoxy) is 2. The first-order valence-electron chi connectivity index (χ1n) is 5.18. The third-order valence-electron chi connectivity index (χ3n) is 2.16. The van der Waals surface area contributed by atoms with Crippen LogP contribution in [0.4, 0.5) is 0 Å². The van der Waals surface area contributed by atoms with Gasteiger partial charge in [0, 0.05) is 7.11 Å². The van der Waals surface area contributed by atoms with E-state index >= 15 is 0 Å². The Balaban J connectivity index is 2.75. The summed E-state index contributed by atoms with van der Waals surface area (Å²) in [5, 5.41) is 18.4. The molecule has 0 fully saturated rings. The largest absolute Gasteiger partial charge is 0.490 e. The van der Waals surface area contributed by atoms with Gasteiger partial charge in [-0.05, 0) is 24.6 Å². The molecule has 1 unspecified atom stereocenters. The molecule has 0 aliphatic heterocycles. The van der Waals surface area contributed by atoms with Gasteiger partial charge in [-0.15, -0.1) is 0 Å². The number of benzene rings is 1. The predicted molar refractivity (Wildman–Crippen MR) is 61.5 cm³/mol. The maximum absolute atomic E-state index is 10.9. The van der Waals surface area contributed by atoms with Gasteiger partial charge in [-0.25, -0.2) is 4.79 Å². The smallest absolute Gasteiger partial charge is 0.339 e. The highest BCUT2D eigenvalue weighted by molar-refractivity contribution is 5.90. The summed E-state index contributed by atoms with van der Waals surface area (Å²) >= 11 is 0. The Morgan fingerprint density at radius 2 is 2.12 bits per heavy atom. The molecule has 0 aromatic heterocycles. The predicted octanol–water partition coefficient (Wildman–Crippen LogP) is 1.08. The van der Waals surface area contributed by atoms with Crippen LogP contribution in [0.1, 0.15) is 15.9 Å². The number of hydrogen-bond donors (Lipinski definition) is 2. The Bertz CT molecular complexity index is 388. The van der Waals surface area contributed by atoms with Crippen LogP contribution in [0.5, 0.6) is 5.75 Å². The van der Waals surface area contributed by atoms with Gasteiger partial charge in [-0.2, -0.15) is 0 Å². The lowest BCUT2D eigenvalue weighted by Gasteiger charge is -2.13. The molecule has 0 aliphatic carbocycles. The van der Waals surface area contributed by atoms with Crippen molar-refractivity contribution in [3.63, 3.8) is 0 Å². The normalized spacial score (nSPS) is 12.2. The highest BCUT2D eigenvalue weighted by atomic mass is 16.5. The SMILES string of the molecule is COCC(O)COc1cc(C)ccc1C(=O)O. The summed E-state index contributed by atoms with van der Waals surface area (Å²) in [4.78, 5) is 10.9. The van der Waals surface area contributed by atoms with Gasteiger partial charge in [0.05, 0.1) is 6.61 Å². The van der Waals surface area contributed by atoms with Crippen LogP contribution in [0.2, 0.25) is 0 Å². The van der Waals surface area contributed by atoms with Crippen LogP contribution in [0.25, 0.3) is 0 Å². The lowest BCUT2D eigenvalue weighted by molar-refractivity contribution is 0.0319. The van der Waals surface area contributed by atoms with E-state index in [1.54, 1.807) is 12.1 Å². The van der Waals surface area contributed by atoms with Crippen molar-refractivity contribution in [1.82, 2.24) is 0 Å². The van der Waals surface area contributed by atoms with E-state index in [4.69, 9.17) is 14.6 Å². The molecular formula is C12H16O5. The van der Waals surface area contributed by atoms with Crippen LogP contribution in [0.15, 0.2) is 18.2 Å². The first kappa shape index (κ1) is 13.5. The number of aliphatic hydroxyl groups is 1. The van der Waals surface area contributed by atoms with Gasteiger partial charge in [-0.1, -0.05) is 6.07 Å². The van der Waals surface area contributed by atoms with E-state index in [2.05, 4.69) is 0 Å². The molecule has 1 rings (SSSR count). The maximum Gasteiger partial charge on any atom is 0.339 e. The van der Waals surface area contributed by atoms with E-state index in [9.17, 15) is 9.90 Å². The van der Waals surface area contributed by atoms with Crippen molar-refractivity contribution in [3.8, 4) is 5.75 Å². The summed E-state index contributed by atoms with van der Waals surface area (Å²) in [6.07, 6.45) is -0.776. The lowest BCUT2D eigenvalue weighted by Crippen LogP contribution is -2.23. The van der Waals surface area contributed by atoms with Gasteiger partial charge >= 0.3 is 5.97 Å². The molecule has 5 nitrogen and oxygen atoms in total. The van der Waals surface area contributed by atoms with Crippen LogP contribution in [-0.2, 0) is 4.74 Å². The number of methoxy groups -OCH3 is 1. The van der Waals surface area contributed by atoms with Crippen molar-refractivity contribution in [3.05, 3.63) is 29.3 Å². The second kappa shape index (κ2) is 6.22. The molecule has 2 N–H and O–H groups in total. The summed E-state index contributed by atoms with van der Waals surface area (Å²) in [6, 6.07) is 4.81. The molecule has 1 aromatic rings. The quantitative estimate of drug-likeness (QED) is 0.778. The molecule has 0 saturated heterocycles. The fourth-order valence-corrected chi connectivity index (χ4v) is 1.35. The number of hydrogen-bond acceptors (Lipinski definition) is 4. The molecule has 0 saturated carbocycles. The number of carbonyl (C=O) groups is 1. The monoisotopic (exact) mass is 240 g/mol. The first-order valence-corrected chi connectivity index (χ1v) is 5.18. The van der Waals surface area contributed by atoms with E-state index in [1.807, 2.05) is 6.92 Å². The van der Waals surface area contributed by atoms with Crippen molar-refractivity contribution in [2.45, 2.75) is 13.0 Å². The zero-order valence-electron chi connectivity index (χ0n) is 9.84. The minimum Gasteiger partial charge on any atom is -0.490 e. The molecule has 0 aliphatic rings. The molecule has 0 heterocycles. The number of carboxylic acid groups (broad SMARTS) is 1. The van der Waals surface area contributed by atoms with E-state index in [1.165, 1.54) is 13.2 Å². The number of carboxylic acids is 1. The number of rotatable bonds is 6. The van der Waals surface area contributed by atoms with Crippen LogP contribution in [-0.4, -0.2) is 42.6 Å². The molecular weight excluding hydrogens is 224 g/mol. The second-order valence-electron chi connectivity index (χ2n) is 3.72. The summed E-state index contributed by atoms with van der Waals surface area (Å²) in [5.41, 5.74) is 0.978. The minimum absolute atomic E-state index is 0.00241. The zero-order valence-corrected chi connectivity index (χ0v) is 9.84. The molecule has 94 valence electrons. The third-order valence-corrected chi connectivity index (χ3v) is 2.16. The van der Waals surface area contributed by atoms with Crippen molar-refractivity contribution >= 4 is 5.97 Å². The van der Waals surface area contributed by atoms with Gasteiger partial charge in [0.25, 0.3) is 0 Å². The molecule has 1 aromatic carbocycles. The fourth-order valence-electron chi connectivity index (χ4n) is 1.35. The van der Waals surface area contributed by atoms with Gasteiger partial charge in [0.2, 0.25) is 0 Å². The fraction of sp³-hybridized carbons (Fsp3) is 0.417. The number of aromatic carboxylic acids is 1. The highest BCUT2D eigenvalue weighted by Crippen LogP contribution is 2.20. The molecule has 0 amide bonds. The highest BCUT2D eigenvalue weighted by Gasteiger charge is 2.13. The Labute approximate surface area is 99.6 Å². The van der Waals surface area contributed by atoms with Crippen molar-refractivity contribution < 1.29 is 24.5 Å². The summed E-state index contributed by atoms with van der Waals surface area (Å²) in [7, 11) is 1.47. The molecule has 1 atom stereocenters. The minimum atomic E-state index is -1.05. The summed E-state index contributed by atoms with van der Waals surface area (Å²) < 4.78 is 10.0.